The number of ether oxygens (including phenoxy) is 2. The first-order chi connectivity index (χ1) is 11.6. The fraction of sp³-hybridized carbons (Fsp3) is 0.278. The lowest BCUT2D eigenvalue weighted by atomic mass is 10.2. The molecule has 2 aromatic carbocycles. The molecule has 0 aliphatic carbocycles. The van der Waals surface area contributed by atoms with Gasteiger partial charge in [0.05, 0.1) is 20.8 Å². The second-order valence-electron chi connectivity index (χ2n) is 5.16. The SMILES string of the molecule is COc1ccc(CNC(=O)CNCc2ccccc2F)cc1OC. The van der Waals surface area contributed by atoms with Gasteiger partial charge in [0.2, 0.25) is 5.91 Å². The third-order valence-electron chi connectivity index (χ3n) is 3.50. The van der Waals surface area contributed by atoms with Crippen molar-refractivity contribution in [2.75, 3.05) is 20.8 Å². The zero-order valence-corrected chi connectivity index (χ0v) is 13.8. The summed E-state index contributed by atoms with van der Waals surface area (Å²) in [5.74, 6) is 0.804. The summed E-state index contributed by atoms with van der Waals surface area (Å²) in [6.45, 7) is 0.790. The number of benzene rings is 2. The molecule has 128 valence electrons. The minimum atomic E-state index is -0.282. The molecule has 0 spiro atoms. The number of nitrogens with one attached hydrogen (secondary N) is 2. The molecule has 0 saturated carbocycles. The predicted molar refractivity (Wildman–Crippen MR) is 89.5 cm³/mol. The van der Waals surface area contributed by atoms with Crippen LogP contribution in [-0.4, -0.2) is 26.7 Å². The molecule has 0 aromatic heterocycles. The van der Waals surface area contributed by atoms with Crippen LogP contribution in [0.4, 0.5) is 4.39 Å². The van der Waals surface area contributed by atoms with E-state index in [0.29, 0.717) is 30.2 Å². The Bertz CT molecular complexity index is 692. The minimum absolute atomic E-state index is 0.113. The molecular weight excluding hydrogens is 311 g/mol. The van der Waals surface area contributed by atoms with E-state index in [-0.39, 0.29) is 18.3 Å². The maximum atomic E-state index is 13.5. The second kappa shape index (κ2) is 8.88. The normalized spacial score (nSPS) is 10.3. The summed E-state index contributed by atoms with van der Waals surface area (Å²) < 4.78 is 23.8. The summed E-state index contributed by atoms with van der Waals surface area (Å²) in [7, 11) is 3.13. The fourth-order valence-corrected chi connectivity index (χ4v) is 2.21. The number of carbonyl (C=O) groups is 1. The van der Waals surface area contributed by atoms with Gasteiger partial charge < -0.3 is 20.1 Å². The van der Waals surface area contributed by atoms with Crippen molar-refractivity contribution in [3.05, 3.63) is 59.4 Å². The molecule has 2 rings (SSSR count). The molecule has 0 aliphatic heterocycles. The van der Waals surface area contributed by atoms with Crippen molar-refractivity contribution >= 4 is 5.91 Å². The van der Waals surface area contributed by atoms with E-state index in [0.717, 1.165) is 5.56 Å². The molecule has 5 nitrogen and oxygen atoms in total. The Kier molecular flexibility index (Phi) is 6.57. The predicted octanol–water partition coefficient (Wildman–Crippen LogP) is 2.25. The molecule has 0 unspecified atom stereocenters. The average Bonchev–Trinajstić information content (AvgIpc) is 2.61. The molecule has 2 aromatic rings. The number of methoxy groups -OCH3 is 2. The summed E-state index contributed by atoms with van der Waals surface area (Å²) in [6.07, 6.45) is 0. The highest BCUT2D eigenvalue weighted by molar-refractivity contribution is 5.78. The van der Waals surface area contributed by atoms with Crippen LogP contribution in [0.2, 0.25) is 0 Å². The molecule has 2 N–H and O–H groups in total. The van der Waals surface area contributed by atoms with E-state index in [9.17, 15) is 9.18 Å². The molecule has 0 fully saturated rings. The molecule has 0 heterocycles. The van der Waals surface area contributed by atoms with E-state index in [2.05, 4.69) is 10.6 Å². The molecule has 1 amide bonds. The second-order valence-corrected chi connectivity index (χ2v) is 5.16. The van der Waals surface area contributed by atoms with Crippen LogP contribution in [0, 0.1) is 5.82 Å². The van der Waals surface area contributed by atoms with Gasteiger partial charge in [0.15, 0.2) is 11.5 Å². The van der Waals surface area contributed by atoms with Crippen LogP contribution in [0.3, 0.4) is 0 Å². The zero-order valence-electron chi connectivity index (χ0n) is 13.8. The van der Waals surface area contributed by atoms with Crippen LogP contribution >= 0.6 is 0 Å². The number of hydrogen-bond acceptors (Lipinski definition) is 4. The number of carbonyl (C=O) groups excluding carboxylic acids is 1. The summed E-state index contributed by atoms with van der Waals surface area (Å²) in [5.41, 5.74) is 1.43. The molecule has 0 bridgehead atoms. The molecule has 6 heteroatoms. The molecule has 24 heavy (non-hydrogen) atoms. The molecule has 0 atom stereocenters. The van der Waals surface area contributed by atoms with Crippen LogP contribution in [0.1, 0.15) is 11.1 Å². The van der Waals surface area contributed by atoms with E-state index < -0.39 is 0 Å². The lowest BCUT2D eigenvalue weighted by molar-refractivity contribution is -0.120. The average molecular weight is 332 g/mol. The molecule has 0 aliphatic rings. The maximum Gasteiger partial charge on any atom is 0.234 e. The van der Waals surface area contributed by atoms with E-state index >= 15 is 0 Å². The Hall–Kier alpha value is -2.60. The van der Waals surface area contributed by atoms with E-state index in [1.807, 2.05) is 12.1 Å². The van der Waals surface area contributed by atoms with Crippen molar-refractivity contribution in [3.8, 4) is 11.5 Å². The Morgan fingerprint density at radius 2 is 1.79 bits per heavy atom. The first-order valence-corrected chi connectivity index (χ1v) is 7.55. The number of rotatable bonds is 8. The van der Waals surface area contributed by atoms with Crippen molar-refractivity contribution in [1.82, 2.24) is 10.6 Å². The van der Waals surface area contributed by atoms with Crippen molar-refractivity contribution in [3.63, 3.8) is 0 Å². The van der Waals surface area contributed by atoms with Crippen molar-refractivity contribution in [2.24, 2.45) is 0 Å². The summed E-state index contributed by atoms with van der Waals surface area (Å²) in [6, 6.07) is 11.9. The van der Waals surface area contributed by atoms with Gasteiger partial charge in [0, 0.05) is 18.7 Å². The highest BCUT2D eigenvalue weighted by atomic mass is 19.1. The highest BCUT2D eigenvalue weighted by Crippen LogP contribution is 2.27. The quantitative estimate of drug-likeness (QED) is 0.778. The topological polar surface area (TPSA) is 59.6 Å². The van der Waals surface area contributed by atoms with Gasteiger partial charge in [-0.2, -0.15) is 0 Å². The van der Waals surface area contributed by atoms with Gasteiger partial charge in [-0.15, -0.1) is 0 Å². The van der Waals surface area contributed by atoms with Gasteiger partial charge in [0.1, 0.15) is 5.82 Å². The lowest BCUT2D eigenvalue weighted by Crippen LogP contribution is -2.33. The van der Waals surface area contributed by atoms with Crippen LogP contribution in [0.5, 0.6) is 11.5 Å². The van der Waals surface area contributed by atoms with Gasteiger partial charge in [-0.05, 0) is 23.8 Å². The van der Waals surface area contributed by atoms with E-state index in [1.165, 1.54) is 6.07 Å². The third kappa shape index (κ3) is 4.96. The summed E-state index contributed by atoms with van der Waals surface area (Å²) in [5, 5.41) is 5.72. The Morgan fingerprint density at radius 1 is 1.04 bits per heavy atom. The number of amides is 1. The van der Waals surface area contributed by atoms with Gasteiger partial charge in [0.25, 0.3) is 0 Å². The van der Waals surface area contributed by atoms with Crippen LogP contribution in [0.15, 0.2) is 42.5 Å². The van der Waals surface area contributed by atoms with Crippen molar-refractivity contribution < 1.29 is 18.7 Å². The van der Waals surface area contributed by atoms with Gasteiger partial charge in [-0.25, -0.2) is 4.39 Å². The van der Waals surface area contributed by atoms with Crippen LogP contribution < -0.4 is 20.1 Å². The lowest BCUT2D eigenvalue weighted by Gasteiger charge is -2.11. The zero-order chi connectivity index (χ0) is 17.4. The van der Waals surface area contributed by atoms with E-state index in [1.54, 1.807) is 38.5 Å². The van der Waals surface area contributed by atoms with Gasteiger partial charge in [-0.1, -0.05) is 24.3 Å². The van der Waals surface area contributed by atoms with E-state index in [4.69, 9.17) is 9.47 Å². The summed E-state index contributed by atoms with van der Waals surface area (Å²) in [4.78, 5) is 11.8. The van der Waals surface area contributed by atoms with Crippen molar-refractivity contribution in [2.45, 2.75) is 13.1 Å². The van der Waals surface area contributed by atoms with Crippen LogP contribution in [-0.2, 0) is 17.9 Å². The Labute approximate surface area is 140 Å². The van der Waals surface area contributed by atoms with Crippen molar-refractivity contribution in [1.29, 1.82) is 0 Å². The molecule has 0 radical (unpaired) electrons. The smallest absolute Gasteiger partial charge is 0.234 e. The minimum Gasteiger partial charge on any atom is -0.493 e. The maximum absolute atomic E-state index is 13.5. The Balaban J connectivity index is 1.78. The molecule has 0 saturated heterocycles. The highest BCUT2D eigenvalue weighted by Gasteiger charge is 2.07. The third-order valence-corrected chi connectivity index (χ3v) is 3.50. The van der Waals surface area contributed by atoms with Gasteiger partial charge in [-0.3, -0.25) is 4.79 Å². The largest absolute Gasteiger partial charge is 0.493 e. The standard InChI is InChI=1S/C18H21FN2O3/c1-23-16-8-7-13(9-17(16)24-2)10-21-18(22)12-20-11-14-5-3-4-6-15(14)19/h3-9,20H,10-12H2,1-2H3,(H,21,22). The number of halogens is 1. The first-order valence-electron chi connectivity index (χ1n) is 7.55. The van der Waals surface area contributed by atoms with Crippen LogP contribution in [0.25, 0.3) is 0 Å². The molecular formula is C18H21FN2O3. The Morgan fingerprint density at radius 3 is 2.50 bits per heavy atom. The first kappa shape index (κ1) is 17.7. The monoisotopic (exact) mass is 332 g/mol. The number of hydrogen-bond donors (Lipinski definition) is 2. The fourth-order valence-electron chi connectivity index (χ4n) is 2.21. The van der Waals surface area contributed by atoms with Gasteiger partial charge >= 0.3 is 0 Å². The summed E-state index contributed by atoms with van der Waals surface area (Å²) >= 11 is 0.